The first-order valence-electron chi connectivity index (χ1n) is 8.56. The lowest BCUT2D eigenvalue weighted by Crippen LogP contribution is -2.43. The average molecular weight is 306 g/mol. The molecule has 1 atom stereocenters. The number of fused-ring (bicyclic) bond motifs is 1. The van der Waals surface area contributed by atoms with Crippen molar-refractivity contribution in [3.63, 3.8) is 0 Å². The first kappa shape index (κ1) is 14.1. The molecule has 0 amide bonds. The molecule has 1 aliphatic carbocycles. The number of imidazole rings is 1. The van der Waals surface area contributed by atoms with Crippen molar-refractivity contribution in [1.82, 2.24) is 9.55 Å². The molecule has 4 rings (SSSR count). The van der Waals surface area contributed by atoms with Crippen molar-refractivity contribution >= 4 is 11.8 Å². The number of nitrogens with zero attached hydrogens (tertiary/aromatic N) is 2. The van der Waals surface area contributed by atoms with Gasteiger partial charge in [0, 0.05) is 18.3 Å². The molecule has 0 radical (unpaired) electrons. The van der Waals surface area contributed by atoms with E-state index in [1.807, 2.05) is 0 Å². The predicted molar refractivity (Wildman–Crippen MR) is 87.1 cm³/mol. The van der Waals surface area contributed by atoms with Gasteiger partial charge in [-0.25, -0.2) is 4.98 Å². The minimum atomic E-state index is 0.173. The van der Waals surface area contributed by atoms with E-state index in [4.69, 9.17) is 9.72 Å². The molecular formula is C17H26N2OS. The molecule has 0 aromatic carbocycles. The molecular weight excluding hydrogens is 280 g/mol. The number of thioether (sulfide) groups is 1. The second-order valence-corrected chi connectivity index (χ2v) is 8.14. The highest BCUT2D eigenvalue weighted by Gasteiger charge is 2.40. The average Bonchev–Trinajstić information content (AvgIpc) is 2.84. The Balaban J connectivity index is 1.62. The first-order chi connectivity index (χ1) is 10.3. The van der Waals surface area contributed by atoms with E-state index in [1.54, 1.807) is 5.69 Å². The summed E-state index contributed by atoms with van der Waals surface area (Å²) < 4.78 is 8.87. The van der Waals surface area contributed by atoms with Gasteiger partial charge in [0.15, 0.2) is 0 Å². The Morgan fingerprint density at radius 2 is 2.05 bits per heavy atom. The van der Waals surface area contributed by atoms with E-state index in [-0.39, 0.29) is 5.60 Å². The summed E-state index contributed by atoms with van der Waals surface area (Å²) in [5, 5.41) is 0. The molecule has 4 heteroatoms. The zero-order chi connectivity index (χ0) is 14.3. The highest BCUT2D eigenvalue weighted by molar-refractivity contribution is 7.99. The fraction of sp³-hybridized carbons (Fsp3) is 0.824. The van der Waals surface area contributed by atoms with Crippen LogP contribution in [0.15, 0.2) is 0 Å². The fourth-order valence-electron chi connectivity index (χ4n) is 4.50. The Morgan fingerprint density at radius 3 is 2.90 bits per heavy atom. The van der Waals surface area contributed by atoms with Crippen molar-refractivity contribution in [3.05, 3.63) is 17.2 Å². The molecule has 3 heterocycles. The summed E-state index contributed by atoms with van der Waals surface area (Å²) in [6.07, 6.45) is 9.93. The summed E-state index contributed by atoms with van der Waals surface area (Å²) in [7, 11) is 0. The van der Waals surface area contributed by atoms with Crippen LogP contribution in [0, 0.1) is 6.92 Å². The van der Waals surface area contributed by atoms with E-state index in [0.29, 0.717) is 6.04 Å². The van der Waals surface area contributed by atoms with E-state index in [0.717, 1.165) is 6.61 Å². The van der Waals surface area contributed by atoms with Gasteiger partial charge < -0.3 is 9.30 Å². The van der Waals surface area contributed by atoms with Crippen LogP contribution in [0.3, 0.4) is 0 Å². The smallest absolute Gasteiger partial charge is 0.106 e. The Hall–Kier alpha value is -0.480. The van der Waals surface area contributed by atoms with E-state index < -0.39 is 0 Å². The van der Waals surface area contributed by atoms with Crippen molar-refractivity contribution in [1.29, 1.82) is 0 Å². The SMILES string of the molecule is Cc1nc2c(n1C1CCOC3(CCSCC3)C1)CCCC2. The summed E-state index contributed by atoms with van der Waals surface area (Å²) in [6.45, 7) is 3.14. The van der Waals surface area contributed by atoms with Gasteiger partial charge >= 0.3 is 0 Å². The highest BCUT2D eigenvalue weighted by Crippen LogP contribution is 2.42. The quantitative estimate of drug-likeness (QED) is 0.792. The van der Waals surface area contributed by atoms with Gasteiger partial charge in [0.2, 0.25) is 0 Å². The minimum Gasteiger partial charge on any atom is -0.375 e. The lowest BCUT2D eigenvalue weighted by molar-refractivity contribution is -0.0993. The summed E-state index contributed by atoms with van der Waals surface area (Å²) in [6, 6.07) is 0.621. The van der Waals surface area contributed by atoms with Crippen molar-refractivity contribution in [2.75, 3.05) is 18.1 Å². The van der Waals surface area contributed by atoms with Crippen LogP contribution < -0.4 is 0 Å². The van der Waals surface area contributed by atoms with Crippen molar-refractivity contribution in [2.24, 2.45) is 0 Å². The second kappa shape index (κ2) is 5.62. The molecule has 116 valence electrons. The Bertz CT molecular complexity index is 514. The van der Waals surface area contributed by atoms with Gasteiger partial charge in [0.1, 0.15) is 5.82 Å². The first-order valence-corrected chi connectivity index (χ1v) is 9.71. The second-order valence-electron chi connectivity index (χ2n) is 6.92. The maximum absolute atomic E-state index is 6.27. The minimum absolute atomic E-state index is 0.173. The maximum atomic E-state index is 6.27. The fourth-order valence-corrected chi connectivity index (χ4v) is 5.73. The van der Waals surface area contributed by atoms with Gasteiger partial charge in [-0.3, -0.25) is 0 Å². The van der Waals surface area contributed by atoms with E-state index in [9.17, 15) is 0 Å². The molecule has 2 saturated heterocycles. The normalized spacial score (nSPS) is 28.5. The van der Waals surface area contributed by atoms with Crippen LogP contribution in [0.5, 0.6) is 0 Å². The molecule has 21 heavy (non-hydrogen) atoms. The topological polar surface area (TPSA) is 27.1 Å². The lowest BCUT2D eigenvalue weighted by Gasteiger charge is -2.44. The van der Waals surface area contributed by atoms with Crippen molar-refractivity contribution in [2.45, 2.75) is 69.9 Å². The van der Waals surface area contributed by atoms with E-state index in [2.05, 4.69) is 23.3 Å². The van der Waals surface area contributed by atoms with Crippen LogP contribution >= 0.6 is 11.8 Å². The summed E-state index contributed by atoms with van der Waals surface area (Å²) >= 11 is 2.09. The number of aromatic nitrogens is 2. The Labute approximate surface area is 131 Å². The molecule has 1 aromatic heterocycles. The van der Waals surface area contributed by atoms with Crippen LogP contribution in [0.1, 0.15) is 61.8 Å². The van der Waals surface area contributed by atoms with Crippen LogP contribution in [0.25, 0.3) is 0 Å². The summed E-state index contributed by atoms with van der Waals surface area (Å²) in [5.41, 5.74) is 3.11. The van der Waals surface area contributed by atoms with Gasteiger partial charge in [-0.15, -0.1) is 0 Å². The largest absolute Gasteiger partial charge is 0.375 e. The molecule has 1 aromatic rings. The number of aryl methyl sites for hydroxylation is 2. The van der Waals surface area contributed by atoms with Crippen LogP contribution in [-0.2, 0) is 17.6 Å². The zero-order valence-electron chi connectivity index (χ0n) is 13.1. The Kier molecular flexibility index (Phi) is 3.78. The molecule has 1 spiro atoms. The standard InChI is InChI=1S/C17H26N2OS/c1-13-18-15-4-2-3-5-16(15)19(13)14-6-9-20-17(12-14)7-10-21-11-8-17/h14H,2-12H2,1H3. The van der Waals surface area contributed by atoms with E-state index >= 15 is 0 Å². The number of rotatable bonds is 1. The molecule has 2 fully saturated rings. The third kappa shape index (κ3) is 2.55. The van der Waals surface area contributed by atoms with Gasteiger partial charge in [-0.1, -0.05) is 0 Å². The van der Waals surface area contributed by atoms with E-state index in [1.165, 1.54) is 74.4 Å². The van der Waals surface area contributed by atoms with Gasteiger partial charge in [-0.2, -0.15) is 11.8 Å². The van der Waals surface area contributed by atoms with Crippen molar-refractivity contribution in [3.8, 4) is 0 Å². The monoisotopic (exact) mass is 306 g/mol. The van der Waals surface area contributed by atoms with Gasteiger partial charge in [-0.05, 0) is 69.8 Å². The Morgan fingerprint density at radius 1 is 1.24 bits per heavy atom. The number of hydrogen-bond acceptors (Lipinski definition) is 3. The molecule has 0 N–H and O–H groups in total. The van der Waals surface area contributed by atoms with Crippen molar-refractivity contribution < 1.29 is 4.74 Å². The molecule has 1 unspecified atom stereocenters. The lowest BCUT2D eigenvalue weighted by atomic mass is 9.85. The number of hydrogen-bond donors (Lipinski definition) is 0. The number of ether oxygens (including phenoxy) is 1. The van der Waals surface area contributed by atoms with Gasteiger partial charge in [0.05, 0.1) is 11.3 Å². The third-order valence-corrected chi connectivity index (χ3v) is 6.57. The summed E-state index contributed by atoms with van der Waals surface area (Å²) in [5.74, 6) is 3.79. The zero-order valence-corrected chi connectivity index (χ0v) is 13.9. The van der Waals surface area contributed by atoms with Crippen LogP contribution in [0.2, 0.25) is 0 Å². The summed E-state index contributed by atoms with van der Waals surface area (Å²) in [4.78, 5) is 4.88. The predicted octanol–water partition coefficient (Wildman–Crippen LogP) is 3.69. The molecule has 0 bridgehead atoms. The van der Waals surface area contributed by atoms with Crippen LogP contribution in [-0.4, -0.2) is 33.3 Å². The van der Waals surface area contributed by atoms with Crippen LogP contribution in [0.4, 0.5) is 0 Å². The molecule has 2 aliphatic heterocycles. The maximum Gasteiger partial charge on any atom is 0.106 e. The highest BCUT2D eigenvalue weighted by atomic mass is 32.2. The van der Waals surface area contributed by atoms with Gasteiger partial charge in [0.25, 0.3) is 0 Å². The molecule has 3 nitrogen and oxygen atoms in total. The third-order valence-electron chi connectivity index (χ3n) is 5.58. The molecule has 3 aliphatic rings. The molecule has 0 saturated carbocycles.